The van der Waals surface area contributed by atoms with Gasteiger partial charge in [0.1, 0.15) is 17.7 Å². The van der Waals surface area contributed by atoms with Gasteiger partial charge in [-0.2, -0.15) is 5.10 Å². The second kappa shape index (κ2) is 10.6. The van der Waals surface area contributed by atoms with E-state index in [9.17, 15) is 4.39 Å². The smallest absolute Gasteiger partial charge is 0.191 e. The zero-order valence-corrected chi connectivity index (χ0v) is 18.4. The molecule has 2 N–H and O–H groups in total. The van der Waals surface area contributed by atoms with Crippen LogP contribution in [0.1, 0.15) is 30.8 Å². The minimum Gasteiger partial charge on any atom is -0.489 e. The van der Waals surface area contributed by atoms with Crippen LogP contribution in [-0.2, 0) is 6.54 Å². The average Bonchev–Trinajstić information content (AvgIpc) is 3.10. The van der Waals surface area contributed by atoms with Crippen molar-refractivity contribution < 1.29 is 9.13 Å². The van der Waals surface area contributed by atoms with E-state index in [1.54, 1.807) is 12.1 Å². The molecular formula is C23H29FN6O. The highest BCUT2D eigenvalue weighted by atomic mass is 19.1. The molecule has 0 aliphatic heterocycles. The molecular weight excluding hydrogens is 395 g/mol. The van der Waals surface area contributed by atoms with E-state index in [4.69, 9.17) is 4.74 Å². The second-order valence-corrected chi connectivity index (χ2v) is 7.32. The maximum absolute atomic E-state index is 13.0. The van der Waals surface area contributed by atoms with Crippen LogP contribution in [0.5, 0.6) is 5.75 Å². The summed E-state index contributed by atoms with van der Waals surface area (Å²) in [6, 6.07) is 12.0. The van der Waals surface area contributed by atoms with Gasteiger partial charge in [-0.3, -0.25) is 0 Å². The van der Waals surface area contributed by atoms with E-state index in [0.29, 0.717) is 24.8 Å². The molecule has 0 aliphatic carbocycles. The molecule has 2 heterocycles. The molecule has 1 aromatic carbocycles. The summed E-state index contributed by atoms with van der Waals surface area (Å²) in [6.07, 6.45) is 1.70. The Hall–Kier alpha value is -3.42. The largest absolute Gasteiger partial charge is 0.489 e. The molecule has 7 nitrogen and oxygen atoms in total. The molecule has 0 spiro atoms. The number of hydrogen-bond acceptors (Lipinski definition) is 4. The SMILES string of the molecule is CCNC(=NCc1ccc(-n2nc(C)cc2C)nc1)NCC(C)Oc1ccc(F)cc1. The lowest BCUT2D eigenvalue weighted by molar-refractivity contribution is 0.223. The average molecular weight is 425 g/mol. The number of ether oxygens (including phenoxy) is 1. The first-order valence-electron chi connectivity index (χ1n) is 10.4. The molecule has 0 fully saturated rings. The summed E-state index contributed by atoms with van der Waals surface area (Å²) >= 11 is 0. The number of nitrogens with one attached hydrogen (secondary N) is 2. The first-order valence-corrected chi connectivity index (χ1v) is 10.4. The van der Waals surface area contributed by atoms with Crippen molar-refractivity contribution in [3.05, 3.63) is 71.4 Å². The van der Waals surface area contributed by atoms with Crippen LogP contribution in [0.15, 0.2) is 53.7 Å². The van der Waals surface area contributed by atoms with Crippen molar-refractivity contribution in [2.75, 3.05) is 13.1 Å². The summed E-state index contributed by atoms with van der Waals surface area (Å²) in [5, 5.41) is 11.0. The summed E-state index contributed by atoms with van der Waals surface area (Å²) in [5.41, 5.74) is 3.01. The number of hydrogen-bond donors (Lipinski definition) is 2. The van der Waals surface area contributed by atoms with Gasteiger partial charge in [0.25, 0.3) is 0 Å². The molecule has 31 heavy (non-hydrogen) atoms. The number of guanidine groups is 1. The number of pyridine rings is 1. The van der Waals surface area contributed by atoms with Gasteiger partial charge in [0, 0.05) is 18.4 Å². The number of benzene rings is 1. The molecule has 164 valence electrons. The Morgan fingerprint density at radius 3 is 2.55 bits per heavy atom. The lowest BCUT2D eigenvalue weighted by Crippen LogP contribution is -2.41. The fourth-order valence-electron chi connectivity index (χ4n) is 3.04. The van der Waals surface area contributed by atoms with E-state index < -0.39 is 0 Å². The van der Waals surface area contributed by atoms with Crippen LogP contribution < -0.4 is 15.4 Å². The number of nitrogens with zero attached hydrogens (tertiary/aromatic N) is 4. The van der Waals surface area contributed by atoms with Crippen molar-refractivity contribution >= 4 is 5.96 Å². The molecule has 0 saturated carbocycles. The van der Waals surface area contributed by atoms with E-state index in [1.165, 1.54) is 12.1 Å². The third-order valence-electron chi connectivity index (χ3n) is 4.51. The molecule has 0 aliphatic rings. The van der Waals surface area contributed by atoms with Gasteiger partial charge in [-0.05, 0) is 69.7 Å². The van der Waals surface area contributed by atoms with Crippen LogP contribution in [-0.4, -0.2) is 39.9 Å². The zero-order valence-electron chi connectivity index (χ0n) is 18.4. The van der Waals surface area contributed by atoms with E-state index in [0.717, 1.165) is 29.3 Å². The van der Waals surface area contributed by atoms with Gasteiger partial charge in [0.05, 0.1) is 18.8 Å². The predicted octanol–water partition coefficient (Wildman–Crippen LogP) is 3.55. The minimum atomic E-state index is -0.280. The molecule has 0 bridgehead atoms. The quantitative estimate of drug-likeness (QED) is 0.427. The standard InChI is InChI=1S/C23H29FN6O/c1-5-25-23(27-13-18(4)31-21-9-7-20(24)8-10-21)28-15-19-6-11-22(26-14-19)30-17(3)12-16(2)29-30/h6-12,14,18H,5,13,15H2,1-4H3,(H2,25,27,28). The molecule has 1 unspecified atom stereocenters. The van der Waals surface area contributed by atoms with E-state index >= 15 is 0 Å². The van der Waals surface area contributed by atoms with Crippen molar-refractivity contribution in [1.29, 1.82) is 0 Å². The van der Waals surface area contributed by atoms with Gasteiger partial charge in [-0.15, -0.1) is 0 Å². The summed E-state index contributed by atoms with van der Waals surface area (Å²) in [6.45, 7) is 9.73. The molecule has 1 atom stereocenters. The zero-order chi connectivity index (χ0) is 22.2. The third kappa shape index (κ3) is 6.53. The summed E-state index contributed by atoms with van der Waals surface area (Å²) < 4.78 is 20.6. The lowest BCUT2D eigenvalue weighted by atomic mass is 10.3. The Kier molecular flexibility index (Phi) is 7.59. The number of aryl methyl sites for hydroxylation is 2. The van der Waals surface area contributed by atoms with Crippen LogP contribution in [0.25, 0.3) is 5.82 Å². The van der Waals surface area contributed by atoms with Crippen LogP contribution >= 0.6 is 0 Å². The monoisotopic (exact) mass is 424 g/mol. The van der Waals surface area contributed by atoms with Crippen molar-refractivity contribution in [3.63, 3.8) is 0 Å². The summed E-state index contributed by atoms with van der Waals surface area (Å²) in [4.78, 5) is 9.14. The Bertz CT molecular complexity index is 998. The van der Waals surface area contributed by atoms with Crippen molar-refractivity contribution in [2.45, 2.75) is 40.3 Å². The van der Waals surface area contributed by atoms with Crippen LogP contribution in [0, 0.1) is 19.7 Å². The molecule has 0 radical (unpaired) electrons. The maximum Gasteiger partial charge on any atom is 0.191 e. The first-order chi connectivity index (χ1) is 14.9. The Morgan fingerprint density at radius 2 is 1.94 bits per heavy atom. The number of halogens is 1. The molecule has 3 rings (SSSR count). The number of rotatable bonds is 8. The van der Waals surface area contributed by atoms with Gasteiger partial charge in [0.15, 0.2) is 11.8 Å². The fraction of sp³-hybridized carbons (Fsp3) is 0.348. The van der Waals surface area contributed by atoms with Crippen LogP contribution in [0.2, 0.25) is 0 Å². The second-order valence-electron chi connectivity index (χ2n) is 7.32. The molecule has 0 amide bonds. The normalized spacial score (nSPS) is 12.5. The highest BCUT2D eigenvalue weighted by Crippen LogP contribution is 2.13. The van der Waals surface area contributed by atoms with E-state index in [1.807, 2.05) is 56.8 Å². The van der Waals surface area contributed by atoms with Gasteiger partial charge >= 0.3 is 0 Å². The third-order valence-corrected chi connectivity index (χ3v) is 4.51. The first kappa shape index (κ1) is 22.3. The molecule has 2 aromatic heterocycles. The Morgan fingerprint density at radius 1 is 1.16 bits per heavy atom. The van der Waals surface area contributed by atoms with Crippen LogP contribution in [0.3, 0.4) is 0 Å². The van der Waals surface area contributed by atoms with E-state index in [2.05, 4.69) is 25.7 Å². The van der Waals surface area contributed by atoms with Gasteiger partial charge < -0.3 is 15.4 Å². The van der Waals surface area contributed by atoms with E-state index in [-0.39, 0.29) is 11.9 Å². The molecule has 8 heteroatoms. The summed E-state index contributed by atoms with van der Waals surface area (Å²) in [7, 11) is 0. The topological polar surface area (TPSA) is 76.4 Å². The van der Waals surface area contributed by atoms with Gasteiger partial charge in [-0.1, -0.05) is 6.07 Å². The maximum atomic E-state index is 13.0. The van der Waals surface area contributed by atoms with Gasteiger partial charge in [0.2, 0.25) is 0 Å². The summed E-state index contributed by atoms with van der Waals surface area (Å²) in [5.74, 6) is 1.83. The van der Waals surface area contributed by atoms with Crippen molar-refractivity contribution in [1.82, 2.24) is 25.4 Å². The van der Waals surface area contributed by atoms with Crippen molar-refractivity contribution in [2.24, 2.45) is 4.99 Å². The molecule has 0 saturated heterocycles. The predicted molar refractivity (Wildman–Crippen MR) is 120 cm³/mol. The van der Waals surface area contributed by atoms with Crippen LogP contribution in [0.4, 0.5) is 4.39 Å². The Balaban J connectivity index is 1.56. The highest BCUT2D eigenvalue weighted by Gasteiger charge is 2.07. The number of aromatic nitrogens is 3. The minimum absolute atomic E-state index is 0.115. The van der Waals surface area contributed by atoms with Crippen molar-refractivity contribution in [3.8, 4) is 11.6 Å². The highest BCUT2D eigenvalue weighted by molar-refractivity contribution is 5.79. The molecule has 3 aromatic rings. The lowest BCUT2D eigenvalue weighted by Gasteiger charge is -2.17. The fourth-order valence-corrected chi connectivity index (χ4v) is 3.04. The number of aliphatic imine (C=N–C) groups is 1. The Labute approximate surface area is 182 Å². The van der Waals surface area contributed by atoms with Gasteiger partial charge in [-0.25, -0.2) is 19.0 Å².